The van der Waals surface area contributed by atoms with Crippen molar-refractivity contribution in [2.45, 2.75) is 71.6 Å². The van der Waals surface area contributed by atoms with Crippen molar-refractivity contribution in [3.8, 4) is 0 Å². The van der Waals surface area contributed by atoms with Crippen LogP contribution in [0.3, 0.4) is 0 Å². The van der Waals surface area contributed by atoms with E-state index in [1.54, 1.807) is 0 Å². The zero-order valence-corrected chi connectivity index (χ0v) is 13.8. The van der Waals surface area contributed by atoms with Gasteiger partial charge in [0.1, 0.15) is 0 Å². The van der Waals surface area contributed by atoms with Crippen LogP contribution in [0.4, 0.5) is 0 Å². The molecule has 2 rings (SSSR count). The molecule has 1 fully saturated rings. The molecule has 0 amide bonds. The number of hydrogen-bond donors (Lipinski definition) is 1. The molecule has 2 aliphatic rings. The Kier molecular flexibility index (Phi) is 9.11. The molecule has 21 heavy (non-hydrogen) atoms. The van der Waals surface area contributed by atoms with E-state index in [1.807, 2.05) is 0 Å². The summed E-state index contributed by atoms with van der Waals surface area (Å²) >= 11 is 0. The van der Waals surface area contributed by atoms with Crippen molar-refractivity contribution in [2.24, 2.45) is 10.9 Å². The van der Waals surface area contributed by atoms with E-state index in [-0.39, 0.29) is 0 Å². The summed E-state index contributed by atoms with van der Waals surface area (Å²) in [4.78, 5) is 17.1. The maximum Gasteiger partial charge on any atom is 0.303 e. The highest BCUT2D eigenvalue weighted by atomic mass is 16.4. The summed E-state index contributed by atoms with van der Waals surface area (Å²) in [5.74, 6) is 1.42. The van der Waals surface area contributed by atoms with Gasteiger partial charge in [0.25, 0.3) is 0 Å². The second-order valence-corrected chi connectivity index (χ2v) is 6.48. The Labute approximate surface area is 129 Å². The number of carboxylic acids is 1. The molecule has 0 atom stereocenters. The highest BCUT2D eigenvalue weighted by Crippen LogP contribution is 2.15. The summed E-state index contributed by atoms with van der Waals surface area (Å²) in [7, 11) is 0. The number of fused-ring (bicyclic) bond motifs is 1. The molecule has 0 aliphatic carbocycles. The maximum absolute atomic E-state index is 10.0. The normalized spacial score (nSPS) is 18.2. The highest BCUT2D eigenvalue weighted by molar-refractivity contribution is 5.83. The van der Waals surface area contributed by atoms with Crippen molar-refractivity contribution in [1.29, 1.82) is 0 Å². The highest BCUT2D eigenvalue weighted by Gasteiger charge is 2.16. The summed E-state index contributed by atoms with van der Waals surface area (Å²) in [5.41, 5.74) is 0. The molecule has 2 heterocycles. The first kappa shape index (κ1) is 18.0. The van der Waals surface area contributed by atoms with Gasteiger partial charge >= 0.3 is 5.97 Å². The SMILES string of the molecule is C1CCC2=NCCCN2CC1.CC(C)CCCCC(=O)O. The van der Waals surface area contributed by atoms with Crippen LogP contribution in [0.2, 0.25) is 0 Å². The molecular weight excluding hydrogens is 264 g/mol. The summed E-state index contributed by atoms with van der Waals surface area (Å²) in [6, 6.07) is 0. The second kappa shape index (κ2) is 10.6. The molecule has 0 unspecified atom stereocenters. The average molecular weight is 296 g/mol. The lowest BCUT2D eigenvalue weighted by Gasteiger charge is -2.27. The van der Waals surface area contributed by atoms with Gasteiger partial charge in [0, 0.05) is 32.5 Å². The molecule has 0 aromatic rings. The Hall–Kier alpha value is -1.06. The quantitative estimate of drug-likeness (QED) is 0.781. The van der Waals surface area contributed by atoms with E-state index in [9.17, 15) is 4.79 Å². The minimum Gasteiger partial charge on any atom is -0.481 e. The van der Waals surface area contributed by atoms with E-state index in [4.69, 9.17) is 5.11 Å². The van der Waals surface area contributed by atoms with Gasteiger partial charge in [-0.25, -0.2) is 0 Å². The van der Waals surface area contributed by atoms with Gasteiger partial charge in [0.05, 0.1) is 5.84 Å². The maximum atomic E-state index is 10.0. The van der Waals surface area contributed by atoms with Gasteiger partial charge in [-0.2, -0.15) is 0 Å². The number of aliphatic imine (C=N–C) groups is 1. The molecular formula is C17H32N2O2. The zero-order valence-electron chi connectivity index (χ0n) is 13.8. The Morgan fingerprint density at radius 1 is 1.19 bits per heavy atom. The standard InChI is InChI=1S/C9H16N2.C8H16O2/c1-2-5-9-10-6-4-8-11(9)7-3-1;1-7(2)5-3-4-6-8(9)10/h1-8H2;7H,3-6H2,1-2H3,(H,9,10). The number of hydrogen-bond acceptors (Lipinski definition) is 3. The lowest BCUT2D eigenvalue weighted by atomic mass is 10.1. The van der Waals surface area contributed by atoms with Crippen LogP contribution >= 0.6 is 0 Å². The molecule has 0 spiro atoms. The summed E-state index contributed by atoms with van der Waals surface area (Å²) in [6.07, 6.45) is 9.98. The lowest BCUT2D eigenvalue weighted by Crippen LogP contribution is -2.34. The molecule has 4 heteroatoms. The van der Waals surface area contributed by atoms with Gasteiger partial charge in [0.15, 0.2) is 0 Å². The van der Waals surface area contributed by atoms with Crippen molar-refractivity contribution in [3.05, 3.63) is 0 Å². The van der Waals surface area contributed by atoms with Crippen LogP contribution in [0, 0.1) is 5.92 Å². The Morgan fingerprint density at radius 3 is 2.67 bits per heavy atom. The zero-order chi connectivity index (χ0) is 15.5. The molecule has 0 aromatic heterocycles. The van der Waals surface area contributed by atoms with Gasteiger partial charge in [-0.15, -0.1) is 0 Å². The number of carbonyl (C=O) groups is 1. The molecule has 122 valence electrons. The van der Waals surface area contributed by atoms with E-state index < -0.39 is 5.97 Å². The van der Waals surface area contributed by atoms with E-state index >= 15 is 0 Å². The molecule has 0 bridgehead atoms. The number of nitrogens with zero attached hydrogens (tertiary/aromatic N) is 2. The number of aliphatic carboxylic acids is 1. The topological polar surface area (TPSA) is 52.9 Å². The lowest BCUT2D eigenvalue weighted by molar-refractivity contribution is -0.137. The van der Waals surface area contributed by atoms with Crippen molar-refractivity contribution in [1.82, 2.24) is 4.90 Å². The Morgan fingerprint density at radius 2 is 1.95 bits per heavy atom. The van der Waals surface area contributed by atoms with E-state index in [0.29, 0.717) is 12.3 Å². The third-order valence-electron chi connectivity index (χ3n) is 4.00. The summed E-state index contributed by atoms with van der Waals surface area (Å²) in [6.45, 7) is 7.91. The first-order valence-corrected chi connectivity index (χ1v) is 8.59. The minimum atomic E-state index is -0.677. The van der Waals surface area contributed by atoms with Crippen LogP contribution in [0.25, 0.3) is 0 Å². The molecule has 0 radical (unpaired) electrons. The van der Waals surface area contributed by atoms with Crippen molar-refractivity contribution in [2.75, 3.05) is 19.6 Å². The second-order valence-electron chi connectivity index (χ2n) is 6.48. The van der Waals surface area contributed by atoms with Gasteiger partial charge in [0.2, 0.25) is 0 Å². The molecule has 1 N–H and O–H groups in total. The molecule has 1 saturated heterocycles. The number of rotatable bonds is 5. The third-order valence-corrected chi connectivity index (χ3v) is 4.00. The fraction of sp³-hybridized carbons (Fsp3) is 0.882. The average Bonchev–Trinajstić information content (AvgIpc) is 2.69. The fourth-order valence-electron chi connectivity index (χ4n) is 2.77. The van der Waals surface area contributed by atoms with Gasteiger partial charge in [-0.05, 0) is 31.6 Å². The van der Waals surface area contributed by atoms with E-state index in [0.717, 1.165) is 25.8 Å². The van der Waals surface area contributed by atoms with Crippen LogP contribution in [-0.4, -0.2) is 41.4 Å². The van der Waals surface area contributed by atoms with Crippen molar-refractivity contribution < 1.29 is 9.90 Å². The molecule has 0 aromatic carbocycles. The van der Waals surface area contributed by atoms with Gasteiger partial charge < -0.3 is 10.0 Å². The van der Waals surface area contributed by atoms with Crippen LogP contribution in [0.15, 0.2) is 4.99 Å². The Bertz CT molecular complexity index is 327. The predicted octanol–water partition coefficient (Wildman–Crippen LogP) is 3.95. The third kappa shape index (κ3) is 8.74. The number of amidine groups is 1. The molecule has 2 aliphatic heterocycles. The van der Waals surface area contributed by atoms with Crippen LogP contribution in [-0.2, 0) is 4.79 Å². The van der Waals surface area contributed by atoms with Crippen LogP contribution in [0.5, 0.6) is 0 Å². The van der Waals surface area contributed by atoms with Crippen molar-refractivity contribution in [3.63, 3.8) is 0 Å². The first-order chi connectivity index (χ1) is 10.1. The van der Waals surface area contributed by atoms with Crippen molar-refractivity contribution >= 4 is 11.8 Å². The van der Waals surface area contributed by atoms with Crippen LogP contribution < -0.4 is 0 Å². The number of unbranched alkanes of at least 4 members (excludes halogenated alkanes) is 1. The van der Waals surface area contributed by atoms with Gasteiger partial charge in [-0.3, -0.25) is 9.79 Å². The van der Waals surface area contributed by atoms with E-state index in [2.05, 4.69) is 23.7 Å². The van der Waals surface area contributed by atoms with Gasteiger partial charge in [-0.1, -0.05) is 33.1 Å². The van der Waals surface area contributed by atoms with Crippen LogP contribution in [0.1, 0.15) is 71.6 Å². The Balaban J connectivity index is 0.000000212. The smallest absolute Gasteiger partial charge is 0.303 e. The monoisotopic (exact) mass is 296 g/mol. The molecule has 4 nitrogen and oxygen atoms in total. The molecule has 0 saturated carbocycles. The fourth-order valence-corrected chi connectivity index (χ4v) is 2.77. The van der Waals surface area contributed by atoms with E-state index in [1.165, 1.54) is 51.0 Å². The number of carboxylic acid groups (broad SMARTS) is 1. The summed E-state index contributed by atoms with van der Waals surface area (Å²) in [5, 5.41) is 8.28. The predicted molar refractivity (Wildman–Crippen MR) is 87.9 cm³/mol. The first-order valence-electron chi connectivity index (χ1n) is 8.59. The largest absolute Gasteiger partial charge is 0.481 e. The minimum absolute atomic E-state index is 0.326. The summed E-state index contributed by atoms with van der Waals surface area (Å²) < 4.78 is 0.